The van der Waals surface area contributed by atoms with Gasteiger partial charge in [-0.05, 0) is 33.6 Å². The molecule has 1 aromatic rings. The highest BCUT2D eigenvalue weighted by atomic mass is 15.2. The number of nitrogens with zero attached hydrogens (tertiary/aromatic N) is 2. The number of hydrogen-bond donors (Lipinski definition) is 1. The molecule has 0 atom stereocenters. The molecule has 1 aromatic heterocycles. The summed E-state index contributed by atoms with van der Waals surface area (Å²) < 4.78 is 2.06. The molecule has 0 spiro atoms. The van der Waals surface area contributed by atoms with E-state index < -0.39 is 0 Å². The number of aryl methyl sites for hydroxylation is 1. The van der Waals surface area contributed by atoms with Crippen LogP contribution in [0.25, 0.3) is 0 Å². The van der Waals surface area contributed by atoms with E-state index >= 15 is 0 Å². The zero-order valence-corrected chi connectivity index (χ0v) is 11.1. The van der Waals surface area contributed by atoms with Crippen LogP contribution in [-0.2, 0) is 12.0 Å². The Balaban J connectivity index is 2.59. The molecule has 3 nitrogen and oxygen atoms in total. The van der Waals surface area contributed by atoms with Gasteiger partial charge in [0.1, 0.15) is 5.82 Å². The van der Waals surface area contributed by atoms with E-state index in [4.69, 9.17) is 5.73 Å². The molecule has 0 aliphatic rings. The summed E-state index contributed by atoms with van der Waals surface area (Å²) in [6, 6.07) is 0. The molecular formula is C13H25N3. The van der Waals surface area contributed by atoms with Crippen molar-refractivity contribution >= 4 is 5.82 Å². The molecule has 0 saturated carbocycles. The maximum atomic E-state index is 6.10. The SMILES string of the molecule is CCCCCCc1ncn(C(C)(C)C)c1N. The number of unbranched alkanes of at least 4 members (excludes halogenated alkanes) is 3. The minimum absolute atomic E-state index is 0.0265. The first-order valence-corrected chi connectivity index (χ1v) is 6.29. The number of imidazole rings is 1. The van der Waals surface area contributed by atoms with Crippen LogP contribution < -0.4 is 5.73 Å². The van der Waals surface area contributed by atoms with E-state index in [0.29, 0.717) is 0 Å². The lowest BCUT2D eigenvalue weighted by atomic mass is 10.1. The van der Waals surface area contributed by atoms with E-state index in [0.717, 1.165) is 17.9 Å². The molecule has 0 unspecified atom stereocenters. The molecule has 0 aliphatic heterocycles. The normalized spacial score (nSPS) is 12.0. The molecule has 92 valence electrons. The van der Waals surface area contributed by atoms with Gasteiger partial charge in [0, 0.05) is 5.54 Å². The lowest BCUT2D eigenvalue weighted by Gasteiger charge is -2.22. The van der Waals surface area contributed by atoms with Crippen molar-refractivity contribution in [1.82, 2.24) is 9.55 Å². The second kappa shape index (κ2) is 5.37. The predicted molar refractivity (Wildman–Crippen MR) is 69.5 cm³/mol. The Bertz CT molecular complexity index is 320. The summed E-state index contributed by atoms with van der Waals surface area (Å²) in [7, 11) is 0. The fourth-order valence-corrected chi connectivity index (χ4v) is 1.84. The summed E-state index contributed by atoms with van der Waals surface area (Å²) in [6.45, 7) is 8.66. The van der Waals surface area contributed by atoms with E-state index in [9.17, 15) is 0 Å². The first-order chi connectivity index (χ1) is 7.46. The summed E-state index contributed by atoms with van der Waals surface area (Å²) in [5.41, 5.74) is 7.19. The Hall–Kier alpha value is -0.990. The Morgan fingerprint density at radius 2 is 1.94 bits per heavy atom. The Morgan fingerprint density at radius 1 is 1.25 bits per heavy atom. The highest BCUT2D eigenvalue weighted by Crippen LogP contribution is 2.22. The summed E-state index contributed by atoms with van der Waals surface area (Å²) in [4.78, 5) is 4.42. The summed E-state index contributed by atoms with van der Waals surface area (Å²) >= 11 is 0. The van der Waals surface area contributed by atoms with Crippen LogP contribution in [0.3, 0.4) is 0 Å². The van der Waals surface area contributed by atoms with Crippen LogP contribution in [0.2, 0.25) is 0 Å². The molecule has 1 heterocycles. The maximum Gasteiger partial charge on any atom is 0.127 e. The van der Waals surface area contributed by atoms with Gasteiger partial charge in [-0.25, -0.2) is 4.98 Å². The summed E-state index contributed by atoms with van der Waals surface area (Å²) in [5, 5.41) is 0. The van der Waals surface area contributed by atoms with Crippen LogP contribution in [0.5, 0.6) is 0 Å². The highest BCUT2D eigenvalue weighted by molar-refractivity contribution is 5.37. The van der Waals surface area contributed by atoms with Crippen molar-refractivity contribution in [3.05, 3.63) is 12.0 Å². The predicted octanol–water partition coefficient (Wildman–Crippen LogP) is 3.34. The van der Waals surface area contributed by atoms with Crippen molar-refractivity contribution in [2.75, 3.05) is 5.73 Å². The van der Waals surface area contributed by atoms with Crippen LogP contribution >= 0.6 is 0 Å². The van der Waals surface area contributed by atoms with Gasteiger partial charge in [-0.2, -0.15) is 0 Å². The summed E-state index contributed by atoms with van der Waals surface area (Å²) in [6.07, 6.45) is 7.92. The van der Waals surface area contributed by atoms with E-state index in [1.807, 2.05) is 6.33 Å². The van der Waals surface area contributed by atoms with Crippen LogP contribution in [0.15, 0.2) is 6.33 Å². The third kappa shape index (κ3) is 3.26. The van der Waals surface area contributed by atoms with Crippen LogP contribution in [0, 0.1) is 0 Å². The molecule has 3 heteroatoms. The Labute approximate surface area is 99.1 Å². The van der Waals surface area contributed by atoms with Gasteiger partial charge >= 0.3 is 0 Å². The van der Waals surface area contributed by atoms with Crippen molar-refractivity contribution in [1.29, 1.82) is 0 Å². The fourth-order valence-electron chi connectivity index (χ4n) is 1.84. The largest absolute Gasteiger partial charge is 0.384 e. The smallest absolute Gasteiger partial charge is 0.127 e. The van der Waals surface area contributed by atoms with Crippen LogP contribution in [-0.4, -0.2) is 9.55 Å². The molecule has 0 aromatic carbocycles. The van der Waals surface area contributed by atoms with Gasteiger partial charge in [-0.3, -0.25) is 0 Å². The lowest BCUT2D eigenvalue weighted by Crippen LogP contribution is -2.22. The van der Waals surface area contributed by atoms with Gasteiger partial charge in [0.15, 0.2) is 0 Å². The second-order valence-electron chi connectivity index (χ2n) is 5.43. The van der Waals surface area contributed by atoms with Gasteiger partial charge in [0.25, 0.3) is 0 Å². The minimum atomic E-state index is 0.0265. The zero-order chi connectivity index (χ0) is 12.2. The fraction of sp³-hybridized carbons (Fsp3) is 0.769. The number of anilines is 1. The maximum absolute atomic E-state index is 6.10. The van der Waals surface area contributed by atoms with E-state index in [1.54, 1.807) is 0 Å². The van der Waals surface area contributed by atoms with Gasteiger partial charge in [-0.15, -0.1) is 0 Å². The standard InChI is InChI=1S/C13H25N3/c1-5-6-7-8-9-11-12(14)16(10-15-11)13(2,3)4/h10H,5-9,14H2,1-4H3. The number of nitrogens with two attached hydrogens (primary N) is 1. The van der Waals surface area contributed by atoms with E-state index in [-0.39, 0.29) is 5.54 Å². The third-order valence-corrected chi connectivity index (χ3v) is 2.87. The molecule has 16 heavy (non-hydrogen) atoms. The zero-order valence-electron chi connectivity index (χ0n) is 11.1. The average Bonchev–Trinajstić information content (AvgIpc) is 2.54. The monoisotopic (exact) mass is 223 g/mol. The van der Waals surface area contributed by atoms with Gasteiger partial charge in [0.2, 0.25) is 0 Å². The van der Waals surface area contributed by atoms with Crippen molar-refractivity contribution in [2.24, 2.45) is 0 Å². The van der Waals surface area contributed by atoms with E-state index in [2.05, 4.69) is 37.2 Å². The second-order valence-corrected chi connectivity index (χ2v) is 5.43. The molecule has 0 amide bonds. The van der Waals surface area contributed by atoms with Crippen LogP contribution in [0.1, 0.15) is 59.1 Å². The number of nitrogen functional groups attached to an aromatic ring is 1. The van der Waals surface area contributed by atoms with Crippen molar-refractivity contribution < 1.29 is 0 Å². The van der Waals surface area contributed by atoms with Gasteiger partial charge in [0.05, 0.1) is 12.0 Å². The lowest BCUT2D eigenvalue weighted by molar-refractivity contribution is 0.402. The molecule has 0 radical (unpaired) electrons. The van der Waals surface area contributed by atoms with Crippen LogP contribution in [0.4, 0.5) is 5.82 Å². The number of hydrogen-bond acceptors (Lipinski definition) is 2. The molecule has 0 aliphatic carbocycles. The average molecular weight is 223 g/mol. The Kier molecular flexibility index (Phi) is 4.39. The van der Waals surface area contributed by atoms with Crippen molar-refractivity contribution in [2.45, 2.75) is 65.3 Å². The van der Waals surface area contributed by atoms with Gasteiger partial charge < -0.3 is 10.3 Å². The minimum Gasteiger partial charge on any atom is -0.384 e. The van der Waals surface area contributed by atoms with Crippen molar-refractivity contribution in [3.8, 4) is 0 Å². The quantitative estimate of drug-likeness (QED) is 0.778. The molecule has 1 rings (SSSR count). The van der Waals surface area contributed by atoms with Crippen molar-refractivity contribution in [3.63, 3.8) is 0 Å². The van der Waals surface area contributed by atoms with Gasteiger partial charge in [-0.1, -0.05) is 26.2 Å². The Morgan fingerprint density at radius 3 is 2.44 bits per heavy atom. The molecule has 0 bridgehead atoms. The topological polar surface area (TPSA) is 43.8 Å². The first-order valence-electron chi connectivity index (χ1n) is 6.29. The highest BCUT2D eigenvalue weighted by Gasteiger charge is 2.17. The first kappa shape index (κ1) is 13.1. The third-order valence-electron chi connectivity index (χ3n) is 2.87. The number of rotatable bonds is 5. The molecular weight excluding hydrogens is 198 g/mol. The molecule has 2 N–H and O–H groups in total. The van der Waals surface area contributed by atoms with E-state index in [1.165, 1.54) is 25.7 Å². The number of aromatic nitrogens is 2. The molecule has 0 fully saturated rings. The summed E-state index contributed by atoms with van der Waals surface area (Å²) in [5.74, 6) is 0.837. The molecule has 0 saturated heterocycles.